The molecule has 1 rings (SSSR count). The zero-order valence-corrected chi connectivity index (χ0v) is 9.95. The fraction of sp³-hybridized carbons (Fsp3) is 0.909. The van der Waals surface area contributed by atoms with Crippen LogP contribution in [0.1, 0.15) is 26.7 Å². The Balaban J connectivity index is 2.26. The highest BCUT2D eigenvalue weighted by Gasteiger charge is 2.22. The topological polar surface area (TPSA) is 41.6 Å². The van der Waals surface area contributed by atoms with Crippen LogP contribution in [0.4, 0.5) is 0 Å². The average Bonchev–Trinajstić information content (AvgIpc) is 2.29. The number of nitrogens with zero attached hydrogens (tertiary/aromatic N) is 1. The van der Waals surface area contributed by atoms with Crippen LogP contribution in [0.25, 0.3) is 0 Å². The molecular formula is C11H22N2O2. The van der Waals surface area contributed by atoms with E-state index in [-0.39, 0.29) is 12.0 Å². The van der Waals surface area contributed by atoms with E-state index in [9.17, 15) is 4.79 Å². The summed E-state index contributed by atoms with van der Waals surface area (Å²) in [6.07, 6.45) is 2.24. The van der Waals surface area contributed by atoms with Crippen LogP contribution in [0.3, 0.4) is 0 Å². The third-order valence-electron chi connectivity index (χ3n) is 3.08. The van der Waals surface area contributed by atoms with Gasteiger partial charge in [-0.15, -0.1) is 0 Å². The molecule has 0 bridgehead atoms. The molecule has 1 aliphatic rings. The summed E-state index contributed by atoms with van der Waals surface area (Å²) in [5.41, 5.74) is 0. The van der Waals surface area contributed by atoms with Crippen molar-refractivity contribution in [3.63, 3.8) is 0 Å². The number of likely N-dealkylation sites (tertiary alicyclic amines) is 1. The Hall–Kier alpha value is -0.610. The first-order chi connectivity index (χ1) is 7.17. The van der Waals surface area contributed by atoms with Gasteiger partial charge in [-0.2, -0.15) is 0 Å². The molecule has 1 aliphatic heterocycles. The quantitative estimate of drug-likeness (QED) is 0.697. The number of piperidine rings is 1. The lowest BCUT2D eigenvalue weighted by molar-refractivity contribution is -0.142. The third kappa shape index (κ3) is 3.80. The maximum absolute atomic E-state index is 11.2. The van der Waals surface area contributed by atoms with Crippen LogP contribution >= 0.6 is 0 Å². The van der Waals surface area contributed by atoms with Crippen molar-refractivity contribution < 1.29 is 9.53 Å². The van der Waals surface area contributed by atoms with E-state index < -0.39 is 0 Å². The molecule has 1 N–H and O–H groups in total. The van der Waals surface area contributed by atoms with E-state index in [1.807, 2.05) is 6.92 Å². The number of ether oxygens (including phenoxy) is 1. The highest BCUT2D eigenvalue weighted by molar-refractivity contribution is 5.75. The van der Waals surface area contributed by atoms with Gasteiger partial charge in [-0.25, -0.2) is 0 Å². The number of carbonyl (C=O) groups excluding carboxylic acids is 1. The standard InChI is InChI=1S/C11H22N2O2/c1-4-13-7-5-10(6-8-13)12-9(2)11(14)15-3/h9-10,12H,4-8H2,1-3H3/t9-/m0/s1. The van der Waals surface area contributed by atoms with Gasteiger partial charge in [0.15, 0.2) is 0 Å². The average molecular weight is 214 g/mol. The summed E-state index contributed by atoms with van der Waals surface area (Å²) in [5, 5.41) is 3.31. The Labute approximate surface area is 92.0 Å². The smallest absolute Gasteiger partial charge is 0.322 e. The first-order valence-electron chi connectivity index (χ1n) is 5.73. The van der Waals surface area contributed by atoms with Gasteiger partial charge in [0, 0.05) is 6.04 Å². The van der Waals surface area contributed by atoms with Gasteiger partial charge in [0.2, 0.25) is 0 Å². The molecule has 0 aromatic heterocycles. The largest absolute Gasteiger partial charge is 0.468 e. The van der Waals surface area contributed by atoms with E-state index in [0.29, 0.717) is 6.04 Å². The minimum atomic E-state index is -0.187. The summed E-state index contributed by atoms with van der Waals surface area (Å²) in [4.78, 5) is 13.6. The van der Waals surface area contributed by atoms with Crippen molar-refractivity contribution >= 4 is 5.97 Å². The number of methoxy groups -OCH3 is 1. The van der Waals surface area contributed by atoms with Crippen LogP contribution in [0.15, 0.2) is 0 Å². The molecule has 0 aromatic carbocycles. The monoisotopic (exact) mass is 214 g/mol. The van der Waals surface area contributed by atoms with E-state index in [1.54, 1.807) is 0 Å². The molecule has 1 atom stereocenters. The molecule has 4 nitrogen and oxygen atoms in total. The summed E-state index contributed by atoms with van der Waals surface area (Å²) in [5.74, 6) is -0.173. The predicted molar refractivity (Wildman–Crippen MR) is 59.7 cm³/mol. The molecule has 0 aliphatic carbocycles. The first kappa shape index (κ1) is 12.5. The van der Waals surface area contributed by atoms with E-state index in [4.69, 9.17) is 0 Å². The van der Waals surface area contributed by atoms with Crippen LogP contribution in [0.2, 0.25) is 0 Å². The first-order valence-corrected chi connectivity index (χ1v) is 5.73. The van der Waals surface area contributed by atoms with Crippen LogP contribution in [0, 0.1) is 0 Å². The highest BCUT2D eigenvalue weighted by Crippen LogP contribution is 2.10. The van der Waals surface area contributed by atoms with Crippen LogP contribution in [-0.4, -0.2) is 49.7 Å². The fourth-order valence-corrected chi connectivity index (χ4v) is 2.01. The molecule has 4 heteroatoms. The van der Waals surface area contributed by atoms with E-state index >= 15 is 0 Å². The zero-order chi connectivity index (χ0) is 11.3. The fourth-order valence-electron chi connectivity index (χ4n) is 2.01. The number of rotatable bonds is 4. The Morgan fingerprint density at radius 2 is 2.13 bits per heavy atom. The molecule has 0 saturated carbocycles. The molecule has 1 saturated heterocycles. The Kier molecular flexibility index (Phi) is 5.05. The normalized spacial score (nSPS) is 21.3. The summed E-state index contributed by atoms with van der Waals surface area (Å²) in [7, 11) is 1.43. The van der Waals surface area contributed by atoms with Crippen molar-refractivity contribution in [2.75, 3.05) is 26.7 Å². The molecule has 0 aromatic rings. The number of esters is 1. The Morgan fingerprint density at radius 3 is 2.60 bits per heavy atom. The summed E-state index contributed by atoms with van der Waals surface area (Å²) < 4.78 is 4.68. The van der Waals surface area contributed by atoms with Crippen molar-refractivity contribution in [1.29, 1.82) is 0 Å². The Bertz CT molecular complexity index is 201. The lowest BCUT2D eigenvalue weighted by atomic mass is 10.0. The summed E-state index contributed by atoms with van der Waals surface area (Å²) in [6.45, 7) is 7.42. The molecule has 0 amide bonds. The number of nitrogens with one attached hydrogen (secondary N) is 1. The second kappa shape index (κ2) is 6.08. The predicted octanol–water partition coefficient (Wildman–Crippen LogP) is 0.622. The summed E-state index contributed by atoms with van der Waals surface area (Å²) in [6, 6.07) is 0.273. The van der Waals surface area contributed by atoms with Gasteiger partial charge in [0.25, 0.3) is 0 Å². The number of carbonyl (C=O) groups is 1. The number of hydrogen-bond donors (Lipinski definition) is 1. The second-order valence-electron chi connectivity index (χ2n) is 4.12. The molecule has 1 heterocycles. The molecular weight excluding hydrogens is 192 g/mol. The van der Waals surface area contributed by atoms with Gasteiger partial charge in [-0.3, -0.25) is 4.79 Å². The minimum absolute atomic E-state index is 0.173. The lowest BCUT2D eigenvalue weighted by Gasteiger charge is -2.32. The van der Waals surface area contributed by atoms with Crippen LogP contribution in [-0.2, 0) is 9.53 Å². The minimum Gasteiger partial charge on any atom is -0.468 e. The molecule has 0 radical (unpaired) electrons. The van der Waals surface area contributed by atoms with Crippen molar-refractivity contribution in [2.45, 2.75) is 38.8 Å². The maximum atomic E-state index is 11.2. The van der Waals surface area contributed by atoms with Gasteiger partial charge in [0.05, 0.1) is 7.11 Å². The van der Waals surface area contributed by atoms with Gasteiger partial charge >= 0.3 is 5.97 Å². The van der Waals surface area contributed by atoms with E-state index in [0.717, 1.165) is 32.5 Å². The van der Waals surface area contributed by atoms with Gasteiger partial charge in [-0.05, 0) is 39.4 Å². The molecule has 1 fully saturated rings. The van der Waals surface area contributed by atoms with Gasteiger partial charge < -0.3 is 15.0 Å². The van der Waals surface area contributed by atoms with Gasteiger partial charge in [0.1, 0.15) is 6.04 Å². The molecule has 0 unspecified atom stereocenters. The molecule has 88 valence electrons. The Morgan fingerprint density at radius 1 is 1.53 bits per heavy atom. The zero-order valence-electron chi connectivity index (χ0n) is 9.95. The SMILES string of the molecule is CCN1CCC(N[C@@H](C)C(=O)OC)CC1. The van der Waals surface area contributed by atoms with Crippen molar-refractivity contribution in [2.24, 2.45) is 0 Å². The molecule has 15 heavy (non-hydrogen) atoms. The van der Waals surface area contributed by atoms with Crippen LogP contribution < -0.4 is 5.32 Å². The van der Waals surface area contributed by atoms with E-state index in [2.05, 4.69) is 21.9 Å². The van der Waals surface area contributed by atoms with Crippen molar-refractivity contribution in [1.82, 2.24) is 10.2 Å². The second-order valence-corrected chi connectivity index (χ2v) is 4.12. The van der Waals surface area contributed by atoms with Crippen molar-refractivity contribution in [3.05, 3.63) is 0 Å². The lowest BCUT2D eigenvalue weighted by Crippen LogP contribution is -2.47. The van der Waals surface area contributed by atoms with E-state index in [1.165, 1.54) is 7.11 Å². The number of hydrogen-bond acceptors (Lipinski definition) is 4. The van der Waals surface area contributed by atoms with Crippen molar-refractivity contribution in [3.8, 4) is 0 Å². The van der Waals surface area contributed by atoms with Gasteiger partial charge in [-0.1, -0.05) is 6.92 Å². The highest BCUT2D eigenvalue weighted by atomic mass is 16.5. The summed E-state index contributed by atoms with van der Waals surface area (Å²) >= 11 is 0. The maximum Gasteiger partial charge on any atom is 0.322 e. The van der Waals surface area contributed by atoms with Crippen LogP contribution in [0.5, 0.6) is 0 Å². The third-order valence-corrected chi connectivity index (χ3v) is 3.08. The molecule has 0 spiro atoms.